The van der Waals surface area contributed by atoms with Gasteiger partial charge in [0.05, 0.1) is 23.0 Å². The lowest BCUT2D eigenvalue weighted by Gasteiger charge is -2.09. The number of nitrogens with one attached hydrogen (secondary N) is 2. The molecular weight excluding hydrogens is 406 g/mol. The Hall–Kier alpha value is -3.16. The van der Waals surface area contributed by atoms with Crippen molar-refractivity contribution in [3.05, 3.63) is 62.6 Å². The number of benzene rings is 1. The van der Waals surface area contributed by atoms with E-state index in [1.54, 1.807) is 0 Å². The maximum absolute atomic E-state index is 12.2. The number of amides is 1. The van der Waals surface area contributed by atoms with Gasteiger partial charge in [-0.3, -0.25) is 19.7 Å². The number of nitro benzene ring substituents is 1. The smallest absolute Gasteiger partial charge is 0.271 e. The summed E-state index contributed by atoms with van der Waals surface area (Å²) in [5, 5.41) is 17.2. The Balaban J connectivity index is 1.93. The van der Waals surface area contributed by atoms with Crippen LogP contribution in [0.25, 0.3) is 0 Å². The van der Waals surface area contributed by atoms with Gasteiger partial charge in [0.25, 0.3) is 17.2 Å². The van der Waals surface area contributed by atoms with Crippen LogP contribution >= 0.6 is 0 Å². The normalized spacial score (nSPS) is 11.2. The molecule has 2 N–H and O–H groups in total. The lowest BCUT2D eigenvalue weighted by atomic mass is 10.3. The zero-order chi connectivity index (χ0) is 21.4. The Morgan fingerprint density at radius 3 is 2.72 bits per heavy atom. The van der Waals surface area contributed by atoms with Crippen molar-refractivity contribution in [2.75, 3.05) is 26.8 Å². The summed E-state index contributed by atoms with van der Waals surface area (Å²) in [7, 11) is -2.51. The van der Waals surface area contributed by atoms with Gasteiger partial charge in [-0.2, -0.15) is 5.10 Å². The molecule has 0 saturated carbocycles. The molecule has 0 atom stereocenters. The highest BCUT2D eigenvalue weighted by atomic mass is 32.2. The van der Waals surface area contributed by atoms with E-state index in [0.29, 0.717) is 0 Å². The molecule has 13 heteroatoms. The monoisotopic (exact) mass is 425 g/mol. The number of aromatic nitrogens is 2. The van der Waals surface area contributed by atoms with Gasteiger partial charge in [0.15, 0.2) is 0 Å². The quantitative estimate of drug-likeness (QED) is 0.292. The Labute approximate surface area is 165 Å². The first-order valence-electron chi connectivity index (χ1n) is 8.34. The molecule has 0 aliphatic rings. The minimum absolute atomic E-state index is 0.0118. The number of sulfonamides is 1. The summed E-state index contributed by atoms with van der Waals surface area (Å²) in [4.78, 5) is 33.6. The van der Waals surface area contributed by atoms with Crippen LogP contribution in [0.4, 0.5) is 5.69 Å². The first-order chi connectivity index (χ1) is 13.7. The molecule has 0 saturated heterocycles. The Morgan fingerprint density at radius 2 is 2.03 bits per heavy atom. The average Bonchev–Trinajstić information content (AvgIpc) is 2.70. The second kappa shape index (κ2) is 9.86. The molecule has 0 aliphatic heterocycles. The molecule has 1 heterocycles. The Bertz CT molecular complexity index is 1050. The molecule has 0 unspecified atom stereocenters. The lowest BCUT2D eigenvalue weighted by molar-refractivity contribution is -0.385. The van der Waals surface area contributed by atoms with E-state index >= 15 is 0 Å². The second-order valence-electron chi connectivity index (χ2n) is 5.68. The summed E-state index contributed by atoms with van der Waals surface area (Å²) in [6.45, 7) is 0.211. The van der Waals surface area contributed by atoms with Crippen molar-refractivity contribution in [3.63, 3.8) is 0 Å². The molecule has 0 fully saturated rings. The predicted molar refractivity (Wildman–Crippen MR) is 101 cm³/mol. The third kappa shape index (κ3) is 6.17. The highest BCUT2D eigenvalue weighted by Gasteiger charge is 2.17. The van der Waals surface area contributed by atoms with Gasteiger partial charge in [0.1, 0.15) is 5.69 Å². The highest BCUT2D eigenvalue weighted by molar-refractivity contribution is 7.89. The summed E-state index contributed by atoms with van der Waals surface area (Å²) < 4.78 is 32.6. The molecule has 2 rings (SSSR count). The van der Waals surface area contributed by atoms with Crippen LogP contribution in [-0.4, -0.2) is 55.8 Å². The molecular formula is C16H19N5O7S. The van der Waals surface area contributed by atoms with Crippen molar-refractivity contribution in [1.29, 1.82) is 0 Å². The predicted octanol–water partition coefficient (Wildman–Crippen LogP) is -0.494. The molecule has 1 aromatic carbocycles. The number of rotatable bonds is 10. The van der Waals surface area contributed by atoms with E-state index in [1.807, 2.05) is 0 Å². The van der Waals surface area contributed by atoms with Gasteiger partial charge < -0.3 is 10.1 Å². The van der Waals surface area contributed by atoms with Crippen molar-refractivity contribution in [2.24, 2.45) is 0 Å². The van der Waals surface area contributed by atoms with Crippen LogP contribution in [0.5, 0.6) is 0 Å². The maximum atomic E-state index is 12.2. The van der Waals surface area contributed by atoms with Crippen molar-refractivity contribution >= 4 is 21.6 Å². The molecule has 0 bridgehead atoms. The zero-order valence-corrected chi connectivity index (χ0v) is 16.2. The van der Waals surface area contributed by atoms with Crippen LogP contribution in [0.15, 0.2) is 46.1 Å². The van der Waals surface area contributed by atoms with E-state index in [0.717, 1.165) is 10.7 Å². The summed E-state index contributed by atoms with van der Waals surface area (Å²) in [5.74, 6) is -0.592. The number of methoxy groups -OCH3 is 1. The number of carbonyl (C=O) groups is 1. The molecule has 0 spiro atoms. The summed E-state index contributed by atoms with van der Waals surface area (Å²) in [6, 6.07) is 7.06. The average molecular weight is 425 g/mol. The number of nitrogens with zero attached hydrogens (tertiary/aromatic N) is 3. The Morgan fingerprint density at radius 1 is 1.28 bits per heavy atom. The second-order valence-corrected chi connectivity index (χ2v) is 7.45. The van der Waals surface area contributed by atoms with Gasteiger partial charge in [0.2, 0.25) is 10.0 Å². The number of hydrogen-bond acceptors (Lipinski definition) is 8. The number of nitro groups is 1. The first kappa shape index (κ1) is 22.1. The SMILES string of the molecule is COCCn1nc(C(=O)NCCNS(=O)(=O)c2cccc([N+](=O)[O-])c2)ccc1=O. The number of hydrogen-bond donors (Lipinski definition) is 2. The molecule has 0 aliphatic carbocycles. The Kier molecular flexibility index (Phi) is 7.52. The largest absolute Gasteiger partial charge is 0.383 e. The minimum Gasteiger partial charge on any atom is -0.383 e. The third-order valence-corrected chi connectivity index (χ3v) is 5.11. The van der Waals surface area contributed by atoms with E-state index in [9.17, 15) is 28.1 Å². The van der Waals surface area contributed by atoms with Crippen LogP contribution in [0, 0.1) is 10.1 Å². The topological polar surface area (TPSA) is 163 Å². The fraction of sp³-hybridized carbons (Fsp3) is 0.312. The van der Waals surface area contributed by atoms with Crippen LogP contribution in [0.1, 0.15) is 10.5 Å². The van der Waals surface area contributed by atoms with Gasteiger partial charge in [-0.15, -0.1) is 0 Å². The van der Waals surface area contributed by atoms with Gasteiger partial charge in [-0.25, -0.2) is 17.8 Å². The molecule has 12 nitrogen and oxygen atoms in total. The summed E-state index contributed by atoms with van der Waals surface area (Å²) in [6.07, 6.45) is 0. The summed E-state index contributed by atoms with van der Waals surface area (Å²) >= 11 is 0. The van der Waals surface area contributed by atoms with E-state index < -0.39 is 20.9 Å². The fourth-order valence-corrected chi connectivity index (χ4v) is 3.28. The van der Waals surface area contributed by atoms with Crippen molar-refractivity contribution < 1.29 is 22.9 Å². The highest BCUT2D eigenvalue weighted by Crippen LogP contribution is 2.16. The van der Waals surface area contributed by atoms with Gasteiger partial charge in [0, 0.05) is 38.4 Å². The molecule has 2 aromatic rings. The number of carbonyl (C=O) groups excluding carboxylic acids is 1. The van der Waals surface area contributed by atoms with Gasteiger partial charge in [-0.1, -0.05) is 6.07 Å². The van der Waals surface area contributed by atoms with Crippen molar-refractivity contribution in [2.45, 2.75) is 11.4 Å². The number of non-ortho nitro benzene ring substituents is 1. The van der Waals surface area contributed by atoms with Crippen LogP contribution in [0.2, 0.25) is 0 Å². The third-order valence-electron chi connectivity index (χ3n) is 3.65. The van der Waals surface area contributed by atoms with Crippen LogP contribution in [-0.2, 0) is 21.3 Å². The first-order valence-corrected chi connectivity index (χ1v) is 9.82. The van der Waals surface area contributed by atoms with Crippen LogP contribution in [0.3, 0.4) is 0 Å². The van der Waals surface area contributed by atoms with Crippen LogP contribution < -0.4 is 15.6 Å². The molecule has 1 amide bonds. The van der Waals surface area contributed by atoms with Crippen molar-refractivity contribution in [3.8, 4) is 0 Å². The van der Waals surface area contributed by atoms with E-state index in [-0.39, 0.29) is 48.1 Å². The maximum Gasteiger partial charge on any atom is 0.271 e. The van der Waals surface area contributed by atoms with Gasteiger partial charge >= 0.3 is 0 Å². The molecule has 156 valence electrons. The van der Waals surface area contributed by atoms with E-state index in [2.05, 4.69) is 15.1 Å². The summed E-state index contributed by atoms with van der Waals surface area (Å²) in [5.41, 5.74) is -0.749. The minimum atomic E-state index is -3.98. The zero-order valence-electron chi connectivity index (χ0n) is 15.4. The lowest BCUT2D eigenvalue weighted by Crippen LogP contribution is -2.36. The number of ether oxygens (including phenoxy) is 1. The van der Waals surface area contributed by atoms with Gasteiger partial charge in [-0.05, 0) is 12.1 Å². The van der Waals surface area contributed by atoms with Crippen molar-refractivity contribution in [1.82, 2.24) is 19.8 Å². The van der Waals surface area contributed by atoms with E-state index in [1.165, 1.54) is 37.4 Å². The molecule has 29 heavy (non-hydrogen) atoms. The molecule has 0 radical (unpaired) electrons. The van der Waals surface area contributed by atoms with E-state index in [4.69, 9.17) is 4.74 Å². The molecule has 1 aromatic heterocycles. The standard InChI is InChI=1S/C16H19N5O7S/c1-28-10-9-20-15(22)6-5-14(19-20)16(23)17-7-8-18-29(26,27)13-4-2-3-12(11-13)21(24)25/h2-6,11,18H,7-10H2,1H3,(H,17,23). The fourth-order valence-electron chi connectivity index (χ4n) is 2.21.